The smallest absolute Gasteiger partial charge is 0.355 e. The third-order valence-corrected chi connectivity index (χ3v) is 3.07. The first-order chi connectivity index (χ1) is 9.97. The summed E-state index contributed by atoms with van der Waals surface area (Å²) in [7, 11) is 1.67. The van der Waals surface area contributed by atoms with Crippen molar-refractivity contribution in [1.29, 1.82) is 0 Å². The molecule has 112 valence electrons. The van der Waals surface area contributed by atoms with Gasteiger partial charge < -0.3 is 19.0 Å². The first-order valence-corrected chi connectivity index (χ1v) is 6.67. The Hall–Kier alpha value is -2.21. The van der Waals surface area contributed by atoms with Gasteiger partial charge in [0.2, 0.25) is 0 Å². The van der Waals surface area contributed by atoms with Crippen LogP contribution in [-0.4, -0.2) is 23.1 Å². The number of hydrogen-bond acceptors (Lipinski definition) is 4. The fourth-order valence-corrected chi connectivity index (χ4v) is 2.07. The molecular weight excluding hydrogens is 296 g/mol. The third-order valence-electron chi connectivity index (χ3n) is 2.86. The van der Waals surface area contributed by atoms with E-state index in [1.54, 1.807) is 32.3 Å². The van der Waals surface area contributed by atoms with Crippen molar-refractivity contribution in [1.82, 2.24) is 9.88 Å². The highest BCUT2D eigenvalue weighted by atomic mass is 35.5. The normalized spacial score (nSPS) is 12.0. The number of nitrogens with one attached hydrogen (secondary N) is 1. The van der Waals surface area contributed by atoms with Gasteiger partial charge in [-0.3, -0.25) is 4.79 Å². The van der Waals surface area contributed by atoms with Crippen LogP contribution in [0.1, 0.15) is 29.2 Å². The summed E-state index contributed by atoms with van der Waals surface area (Å²) in [5, 5.41) is 3.10. The average molecular weight is 311 g/mol. The lowest BCUT2D eigenvalue weighted by Crippen LogP contribution is -2.31. The van der Waals surface area contributed by atoms with E-state index in [-0.39, 0.29) is 18.3 Å². The zero-order valence-corrected chi connectivity index (χ0v) is 12.4. The molecule has 0 unspecified atom stereocenters. The molecule has 0 fully saturated rings. The second kappa shape index (κ2) is 6.49. The summed E-state index contributed by atoms with van der Waals surface area (Å²) < 4.78 is 11.6. The lowest BCUT2D eigenvalue weighted by molar-refractivity contribution is -0.125. The van der Waals surface area contributed by atoms with E-state index in [2.05, 4.69) is 5.32 Å². The fraction of sp³-hybridized carbons (Fsp3) is 0.286. The quantitative estimate of drug-likeness (QED) is 0.860. The highest BCUT2D eigenvalue weighted by Crippen LogP contribution is 2.14. The maximum atomic E-state index is 11.8. The SMILES string of the molecule is C[C@H](NC(=O)COC(=O)c1cc(Cl)cn1C)c1ccco1. The number of esters is 1. The number of rotatable bonds is 5. The van der Waals surface area contributed by atoms with Crippen molar-refractivity contribution in [2.75, 3.05) is 6.61 Å². The molecule has 7 heteroatoms. The van der Waals surface area contributed by atoms with Crippen LogP contribution in [0.15, 0.2) is 35.1 Å². The van der Waals surface area contributed by atoms with Crippen molar-refractivity contribution in [3.8, 4) is 0 Å². The molecule has 1 atom stereocenters. The second-order valence-corrected chi connectivity index (χ2v) is 4.97. The van der Waals surface area contributed by atoms with Crippen LogP contribution >= 0.6 is 11.6 Å². The molecule has 0 aliphatic rings. The van der Waals surface area contributed by atoms with Crippen molar-refractivity contribution in [2.24, 2.45) is 7.05 Å². The van der Waals surface area contributed by atoms with Crippen molar-refractivity contribution in [3.05, 3.63) is 47.1 Å². The lowest BCUT2D eigenvalue weighted by atomic mass is 10.2. The highest BCUT2D eigenvalue weighted by molar-refractivity contribution is 6.30. The summed E-state index contributed by atoms with van der Waals surface area (Å²) in [4.78, 5) is 23.5. The Balaban J connectivity index is 1.84. The Morgan fingerprint density at radius 3 is 2.86 bits per heavy atom. The van der Waals surface area contributed by atoms with E-state index in [0.717, 1.165) is 0 Å². The molecule has 2 aromatic rings. The molecule has 0 aliphatic carbocycles. The number of hydrogen-bond donors (Lipinski definition) is 1. The van der Waals surface area contributed by atoms with Gasteiger partial charge in [0.25, 0.3) is 5.91 Å². The van der Waals surface area contributed by atoms with Gasteiger partial charge >= 0.3 is 5.97 Å². The molecule has 2 aromatic heterocycles. The first kappa shape index (κ1) is 15.2. The fourth-order valence-electron chi connectivity index (χ4n) is 1.82. The van der Waals surface area contributed by atoms with Crippen LogP contribution in [0.2, 0.25) is 5.02 Å². The number of carbonyl (C=O) groups excluding carboxylic acids is 2. The molecule has 0 aliphatic heterocycles. The number of carbonyl (C=O) groups is 2. The van der Waals surface area contributed by atoms with Crippen LogP contribution in [0, 0.1) is 0 Å². The number of furan rings is 1. The summed E-state index contributed by atoms with van der Waals surface area (Å²) in [5.74, 6) is -0.387. The van der Waals surface area contributed by atoms with Crippen molar-refractivity contribution < 1.29 is 18.7 Å². The Kier molecular flexibility index (Phi) is 4.70. The van der Waals surface area contributed by atoms with Gasteiger partial charge in [0, 0.05) is 13.2 Å². The maximum absolute atomic E-state index is 11.8. The van der Waals surface area contributed by atoms with Crippen molar-refractivity contribution >= 4 is 23.5 Å². The van der Waals surface area contributed by atoms with E-state index in [1.165, 1.54) is 16.9 Å². The number of amides is 1. The number of ether oxygens (including phenoxy) is 1. The minimum absolute atomic E-state index is 0.284. The number of halogens is 1. The summed E-state index contributed by atoms with van der Waals surface area (Å²) in [6, 6.07) is 4.67. The molecule has 0 bridgehead atoms. The van der Waals surface area contributed by atoms with Gasteiger partial charge in [0.1, 0.15) is 11.5 Å². The zero-order chi connectivity index (χ0) is 15.4. The highest BCUT2D eigenvalue weighted by Gasteiger charge is 2.16. The van der Waals surface area contributed by atoms with Gasteiger partial charge in [-0.15, -0.1) is 0 Å². The number of nitrogens with zero attached hydrogens (tertiary/aromatic N) is 1. The van der Waals surface area contributed by atoms with E-state index in [0.29, 0.717) is 10.8 Å². The molecule has 0 saturated heterocycles. The van der Waals surface area contributed by atoms with E-state index in [1.807, 2.05) is 0 Å². The standard InChI is InChI=1S/C14H15ClN2O4/c1-9(12-4-3-5-20-12)16-13(18)8-21-14(19)11-6-10(15)7-17(11)2/h3-7,9H,8H2,1-2H3,(H,16,18)/t9-/m0/s1. The third kappa shape index (κ3) is 3.88. The van der Waals surface area contributed by atoms with Crippen LogP contribution in [-0.2, 0) is 16.6 Å². The molecule has 0 aromatic carbocycles. The lowest BCUT2D eigenvalue weighted by Gasteiger charge is -2.11. The number of aromatic nitrogens is 1. The van der Waals surface area contributed by atoms with Crippen LogP contribution in [0.4, 0.5) is 0 Å². The summed E-state index contributed by atoms with van der Waals surface area (Å²) in [6.07, 6.45) is 3.11. The molecule has 0 spiro atoms. The monoisotopic (exact) mass is 310 g/mol. The second-order valence-electron chi connectivity index (χ2n) is 4.54. The molecule has 0 radical (unpaired) electrons. The van der Waals surface area contributed by atoms with E-state index < -0.39 is 11.9 Å². The molecule has 2 rings (SSSR count). The molecule has 21 heavy (non-hydrogen) atoms. The predicted octanol–water partition coefficient (Wildman–Crippen LogP) is 2.31. The molecular formula is C14H15ClN2O4. The van der Waals surface area contributed by atoms with Crippen molar-refractivity contribution in [3.63, 3.8) is 0 Å². The molecule has 1 amide bonds. The minimum atomic E-state index is -0.606. The van der Waals surface area contributed by atoms with Gasteiger partial charge in [0.05, 0.1) is 17.3 Å². The van der Waals surface area contributed by atoms with Crippen LogP contribution in [0.5, 0.6) is 0 Å². The maximum Gasteiger partial charge on any atom is 0.355 e. The Bertz CT molecular complexity index is 633. The topological polar surface area (TPSA) is 73.5 Å². The summed E-state index contributed by atoms with van der Waals surface area (Å²) in [5.41, 5.74) is 0.284. The van der Waals surface area contributed by atoms with Gasteiger partial charge in [-0.05, 0) is 25.1 Å². The summed E-state index contributed by atoms with van der Waals surface area (Å²) >= 11 is 5.78. The minimum Gasteiger partial charge on any atom is -0.467 e. The largest absolute Gasteiger partial charge is 0.467 e. The average Bonchev–Trinajstić information content (AvgIpc) is 3.05. The van der Waals surface area contributed by atoms with Gasteiger partial charge in [-0.25, -0.2) is 4.79 Å². The van der Waals surface area contributed by atoms with Gasteiger partial charge in [-0.1, -0.05) is 11.6 Å². The van der Waals surface area contributed by atoms with Crippen LogP contribution < -0.4 is 5.32 Å². The van der Waals surface area contributed by atoms with Crippen LogP contribution in [0.25, 0.3) is 0 Å². The van der Waals surface area contributed by atoms with E-state index in [9.17, 15) is 9.59 Å². The first-order valence-electron chi connectivity index (χ1n) is 6.29. The zero-order valence-electron chi connectivity index (χ0n) is 11.6. The van der Waals surface area contributed by atoms with Crippen molar-refractivity contribution in [2.45, 2.75) is 13.0 Å². The molecule has 0 saturated carbocycles. The molecule has 2 heterocycles. The van der Waals surface area contributed by atoms with E-state index >= 15 is 0 Å². The van der Waals surface area contributed by atoms with Crippen LogP contribution in [0.3, 0.4) is 0 Å². The Morgan fingerprint density at radius 1 is 1.52 bits per heavy atom. The van der Waals surface area contributed by atoms with Gasteiger partial charge in [0.15, 0.2) is 6.61 Å². The summed E-state index contributed by atoms with van der Waals surface area (Å²) in [6.45, 7) is 1.40. The molecule has 6 nitrogen and oxygen atoms in total. The Labute approximate surface area is 126 Å². The van der Waals surface area contributed by atoms with E-state index in [4.69, 9.17) is 20.8 Å². The molecule has 1 N–H and O–H groups in total. The predicted molar refractivity (Wildman–Crippen MR) is 76.0 cm³/mol. The Morgan fingerprint density at radius 2 is 2.29 bits per heavy atom. The number of aryl methyl sites for hydroxylation is 1. The van der Waals surface area contributed by atoms with Gasteiger partial charge in [-0.2, -0.15) is 0 Å².